The van der Waals surface area contributed by atoms with Crippen LogP contribution in [0.5, 0.6) is 0 Å². The maximum Gasteiger partial charge on any atom is 0.289 e. The summed E-state index contributed by atoms with van der Waals surface area (Å²) in [6.07, 6.45) is 13.5. The molecule has 0 bridgehead atoms. The van der Waals surface area contributed by atoms with Crippen LogP contribution in [0.4, 0.5) is 0 Å². The molecule has 2 unspecified atom stereocenters. The van der Waals surface area contributed by atoms with Crippen LogP contribution in [0.15, 0.2) is 12.2 Å². The van der Waals surface area contributed by atoms with E-state index in [0.717, 1.165) is 76.9 Å². The van der Waals surface area contributed by atoms with Crippen molar-refractivity contribution in [2.45, 2.75) is 71.3 Å². The number of aromatic nitrogens is 3. The zero-order valence-corrected chi connectivity index (χ0v) is 18.0. The van der Waals surface area contributed by atoms with Crippen molar-refractivity contribution in [3.8, 4) is 0 Å². The van der Waals surface area contributed by atoms with Crippen molar-refractivity contribution in [1.29, 1.82) is 0 Å². The summed E-state index contributed by atoms with van der Waals surface area (Å²) in [4.78, 5) is 28.0. The highest BCUT2D eigenvalue weighted by molar-refractivity contribution is 5.90. The third-order valence-corrected chi connectivity index (χ3v) is 7.86. The zero-order valence-electron chi connectivity index (χ0n) is 18.0. The lowest BCUT2D eigenvalue weighted by molar-refractivity contribution is -0.141. The van der Waals surface area contributed by atoms with E-state index < -0.39 is 0 Å². The smallest absolute Gasteiger partial charge is 0.289 e. The van der Waals surface area contributed by atoms with E-state index >= 15 is 0 Å². The second kappa shape index (κ2) is 7.50. The highest BCUT2D eigenvalue weighted by Gasteiger charge is 2.45. The molecule has 5 rings (SSSR count). The van der Waals surface area contributed by atoms with E-state index in [2.05, 4.69) is 39.5 Å². The molecule has 162 valence electrons. The van der Waals surface area contributed by atoms with Gasteiger partial charge < -0.3 is 14.8 Å². The van der Waals surface area contributed by atoms with Gasteiger partial charge in [-0.15, -0.1) is 10.2 Å². The first-order chi connectivity index (χ1) is 14.5. The Hall–Kier alpha value is -2.18. The van der Waals surface area contributed by atoms with E-state index in [0.29, 0.717) is 17.6 Å². The van der Waals surface area contributed by atoms with Crippen LogP contribution >= 0.6 is 0 Å². The van der Waals surface area contributed by atoms with Crippen LogP contribution in [0, 0.1) is 16.7 Å². The molecule has 3 heterocycles. The maximum absolute atomic E-state index is 13.3. The lowest BCUT2D eigenvalue weighted by Gasteiger charge is -2.35. The Labute approximate surface area is 178 Å². The lowest BCUT2D eigenvalue weighted by Crippen LogP contribution is -2.42. The van der Waals surface area contributed by atoms with Crippen molar-refractivity contribution in [2.24, 2.45) is 16.7 Å². The van der Waals surface area contributed by atoms with Crippen molar-refractivity contribution in [1.82, 2.24) is 25.0 Å². The normalized spacial score (nSPS) is 30.9. The van der Waals surface area contributed by atoms with Crippen molar-refractivity contribution in [3.63, 3.8) is 0 Å². The molecule has 2 aliphatic carbocycles. The molecule has 30 heavy (non-hydrogen) atoms. The quantitative estimate of drug-likeness (QED) is 0.773. The standard InChI is InChI=1S/C23H33N5O2/c1-22(8-3-2-4-9-22)21(30)27-13-11-23(16-27)10-7-18-25-26-19(28(18)14-12-23)20(29)24-15-17-5-6-17/h2-3,17H,4-16H2,1H3,(H,24,29). The summed E-state index contributed by atoms with van der Waals surface area (Å²) < 4.78 is 2.02. The average Bonchev–Trinajstić information content (AvgIpc) is 3.39. The monoisotopic (exact) mass is 411 g/mol. The molecule has 1 spiro atoms. The van der Waals surface area contributed by atoms with Gasteiger partial charge in [-0.05, 0) is 62.7 Å². The van der Waals surface area contributed by atoms with Gasteiger partial charge in [0, 0.05) is 32.6 Å². The number of nitrogens with zero attached hydrogens (tertiary/aromatic N) is 4. The first kappa shape index (κ1) is 19.8. The summed E-state index contributed by atoms with van der Waals surface area (Å²) >= 11 is 0. The van der Waals surface area contributed by atoms with Crippen LogP contribution in [0.3, 0.4) is 0 Å². The summed E-state index contributed by atoms with van der Waals surface area (Å²) in [6.45, 7) is 5.33. The Bertz CT molecular complexity index is 873. The topological polar surface area (TPSA) is 80.1 Å². The fourth-order valence-corrected chi connectivity index (χ4v) is 5.47. The molecule has 2 atom stereocenters. The van der Waals surface area contributed by atoms with Crippen molar-refractivity contribution < 1.29 is 9.59 Å². The molecule has 1 saturated carbocycles. The van der Waals surface area contributed by atoms with Crippen LogP contribution in [0.2, 0.25) is 0 Å². The number of amides is 2. The van der Waals surface area contributed by atoms with E-state index in [1.165, 1.54) is 12.8 Å². The van der Waals surface area contributed by atoms with E-state index in [9.17, 15) is 9.59 Å². The molecular formula is C23H33N5O2. The molecule has 7 heteroatoms. The molecule has 4 aliphatic rings. The van der Waals surface area contributed by atoms with E-state index in [1.54, 1.807) is 0 Å². The SMILES string of the molecule is CC1(C(=O)N2CCC3(CCc4nnc(C(=O)NCC5CC5)n4CC3)C2)CC=CCC1. The van der Waals surface area contributed by atoms with Gasteiger partial charge in [-0.3, -0.25) is 9.59 Å². The fourth-order valence-electron chi connectivity index (χ4n) is 5.47. The van der Waals surface area contributed by atoms with E-state index in [4.69, 9.17) is 0 Å². The van der Waals surface area contributed by atoms with Crippen molar-refractivity contribution in [3.05, 3.63) is 23.8 Å². The molecule has 1 N–H and O–H groups in total. The largest absolute Gasteiger partial charge is 0.349 e. The highest BCUT2D eigenvalue weighted by atomic mass is 16.2. The van der Waals surface area contributed by atoms with Gasteiger partial charge >= 0.3 is 0 Å². The summed E-state index contributed by atoms with van der Waals surface area (Å²) in [6, 6.07) is 0. The summed E-state index contributed by atoms with van der Waals surface area (Å²) in [5.74, 6) is 2.24. The Morgan fingerprint density at radius 2 is 1.97 bits per heavy atom. The van der Waals surface area contributed by atoms with Crippen molar-refractivity contribution >= 4 is 11.8 Å². The summed E-state index contributed by atoms with van der Waals surface area (Å²) in [5.41, 5.74) is -0.104. The summed E-state index contributed by atoms with van der Waals surface area (Å²) in [5, 5.41) is 11.6. The number of carbonyl (C=O) groups is 2. The minimum absolute atomic E-state index is 0.0990. The number of aryl methyl sites for hydroxylation is 1. The van der Waals surface area contributed by atoms with Gasteiger partial charge in [0.05, 0.1) is 5.41 Å². The minimum atomic E-state index is -0.241. The molecule has 1 aromatic rings. The third kappa shape index (κ3) is 3.67. The van der Waals surface area contributed by atoms with Gasteiger partial charge in [0.1, 0.15) is 5.82 Å². The number of fused-ring (bicyclic) bond motifs is 1. The van der Waals surface area contributed by atoms with E-state index in [-0.39, 0.29) is 16.7 Å². The molecule has 2 amide bonds. The molecule has 7 nitrogen and oxygen atoms in total. The number of rotatable bonds is 4. The third-order valence-electron chi connectivity index (χ3n) is 7.86. The summed E-state index contributed by atoms with van der Waals surface area (Å²) in [7, 11) is 0. The Balaban J connectivity index is 1.24. The Morgan fingerprint density at radius 3 is 2.73 bits per heavy atom. The van der Waals surface area contributed by atoms with Gasteiger partial charge in [-0.25, -0.2) is 0 Å². The number of hydrogen-bond donors (Lipinski definition) is 1. The van der Waals surface area contributed by atoms with Crippen LogP contribution in [0.25, 0.3) is 0 Å². The average molecular weight is 412 g/mol. The molecular weight excluding hydrogens is 378 g/mol. The molecule has 1 saturated heterocycles. The molecule has 2 fully saturated rings. The van der Waals surface area contributed by atoms with E-state index in [1.807, 2.05) is 4.57 Å². The van der Waals surface area contributed by atoms with Crippen molar-refractivity contribution in [2.75, 3.05) is 19.6 Å². The number of allylic oxidation sites excluding steroid dienone is 2. The molecule has 0 aromatic carbocycles. The Kier molecular flexibility index (Phi) is 4.94. The highest BCUT2D eigenvalue weighted by Crippen LogP contribution is 2.43. The minimum Gasteiger partial charge on any atom is -0.349 e. The van der Waals surface area contributed by atoms with Crippen LogP contribution in [-0.4, -0.2) is 51.1 Å². The predicted octanol–water partition coefficient (Wildman–Crippen LogP) is 2.72. The van der Waals surface area contributed by atoms with Crippen LogP contribution in [0.1, 0.15) is 74.7 Å². The fraction of sp³-hybridized carbons (Fsp3) is 0.739. The second-order valence-corrected chi connectivity index (χ2v) is 10.2. The van der Waals surface area contributed by atoms with Gasteiger partial charge in [-0.1, -0.05) is 19.1 Å². The predicted molar refractivity (Wildman–Crippen MR) is 113 cm³/mol. The maximum atomic E-state index is 13.3. The van der Waals surface area contributed by atoms with Crippen LogP contribution in [-0.2, 0) is 17.8 Å². The van der Waals surface area contributed by atoms with Gasteiger partial charge in [-0.2, -0.15) is 0 Å². The van der Waals surface area contributed by atoms with Gasteiger partial charge in [0.2, 0.25) is 11.7 Å². The zero-order chi connectivity index (χ0) is 20.8. The number of carbonyl (C=O) groups excluding carboxylic acids is 2. The second-order valence-electron chi connectivity index (χ2n) is 10.2. The number of nitrogens with one attached hydrogen (secondary N) is 1. The Morgan fingerprint density at radius 1 is 1.13 bits per heavy atom. The first-order valence-corrected chi connectivity index (χ1v) is 11.6. The van der Waals surface area contributed by atoms with Gasteiger partial charge in [0.15, 0.2) is 0 Å². The van der Waals surface area contributed by atoms with Crippen LogP contribution < -0.4 is 5.32 Å². The number of likely N-dealkylation sites (tertiary alicyclic amines) is 1. The number of hydrogen-bond acceptors (Lipinski definition) is 4. The van der Waals surface area contributed by atoms with Gasteiger partial charge in [0.25, 0.3) is 5.91 Å². The molecule has 2 aliphatic heterocycles. The lowest BCUT2D eigenvalue weighted by atomic mass is 9.77. The molecule has 1 aromatic heterocycles. The first-order valence-electron chi connectivity index (χ1n) is 11.6. The molecule has 0 radical (unpaired) electrons.